The van der Waals surface area contributed by atoms with E-state index in [1.54, 1.807) is 13.8 Å². The van der Waals surface area contributed by atoms with Crippen LogP contribution in [0.15, 0.2) is 6.07 Å². The van der Waals surface area contributed by atoms with Gasteiger partial charge >= 0.3 is 14.9 Å². The molecule has 1 aromatic rings. The summed E-state index contributed by atoms with van der Waals surface area (Å²) in [5.74, 6) is -9.36. The van der Waals surface area contributed by atoms with E-state index >= 15 is 0 Å². The molecule has 0 aliphatic carbocycles. The van der Waals surface area contributed by atoms with E-state index in [-0.39, 0.29) is 31.7 Å². The second-order valence-electron chi connectivity index (χ2n) is 4.93. The lowest BCUT2D eigenvalue weighted by molar-refractivity contribution is 0.0340. The maximum absolute atomic E-state index is 13.7. The van der Waals surface area contributed by atoms with Gasteiger partial charge in [0.1, 0.15) is 0 Å². The molecular weight excluding hydrogens is 385 g/mol. The Labute approximate surface area is 147 Å². The minimum absolute atomic E-state index is 0.0729. The van der Waals surface area contributed by atoms with Gasteiger partial charge in [0.2, 0.25) is 11.6 Å². The number of nitrogens with zero attached hydrogens (tertiary/aromatic N) is 1. The average molecular weight is 403 g/mol. The molecular formula is C14H18F5NO5Si. The third-order valence-electron chi connectivity index (χ3n) is 3.05. The molecule has 0 heterocycles. The van der Waals surface area contributed by atoms with Gasteiger partial charge in [-0.2, -0.15) is 4.39 Å². The van der Waals surface area contributed by atoms with Gasteiger partial charge in [-0.1, -0.05) is 4.48 Å². The van der Waals surface area contributed by atoms with Crippen LogP contribution >= 0.6 is 0 Å². The van der Waals surface area contributed by atoms with E-state index in [0.29, 0.717) is 0 Å². The van der Waals surface area contributed by atoms with Crippen molar-refractivity contribution >= 4 is 14.9 Å². The Morgan fingerprint density at radius 3 is 2.23 bits per heavy atom. The standard InChI is InChI=1S/C14H18F5NO5Si/c1-3-23-26(22,24-4-2)7-5-6-20(19)14(21)25-10-8-9(15)11(16)13(18)12(10)17/h8,22H,3-7H2,1-2H3. The number of carbonyl (C=O) groups is 1. The van der Waals surface area contributed by atoms with Crippen LogP contribution in [-0.2, 0) is 8.85 Å². The van der Waals surface area contributed by atoms with Crippen molar-refractivity contribution in [3.8, 4) is 5.75 Å². The number of ether oxygens (including phenoxy) is 1. The van der Waals surface area contributed by atoms with Crippen molar-refractivity contribution in [3.63, 3.8) is 0 Å². The number of rotatable bonds is 9. The topological polar surface area (TPSA) is 68.2 Å². The molecule has 0 spiro atoms. The molecule has 0 aliphatic heterocycles. The molecule has 148 valence electrons. The summed E-state index contributed by atoms with van der Waals surface area (Å²) in [4.78, 5) is 21.6. The highest BCUT2D eigenvalue weighted by atomic mass is 28.4. The Morgan fingerprint density at radius 2 is 1.69 bits per heavy atom. The normalized spacial score (nSPS) is 11.5. The van der Waals surface area contributed by atoms with Crippen molar-refractivity contribution in [1.82, 2.24) is 5.12 Å². The molecule has 0 unspecified atom stereocenters. The smallest absolute Gasteiger partial charge is 0.405 e. The van der Waals surface area contributed by atoms with Gasteiger partial charge in [0, 0.05) is 25.3 Å². The van der Waals surface area contributed by atoms with E-state index in [4.69, 9.17) is 8.85 Å². The predicted octanol–water partition coefficient (Wildman–Crippen LogP) is 3.32. The fraction of sp³-hybridized carbons (Fsp3) is 0.500. The van der Waals surface area contributed by atoms with E-state index in [2.05, 4.69) is 4.74 Å². The lowest BCUT2D eigenvalue weighted by Crippen LogP contribution is -2.43. The second kappa shape index (κ2) is 9.80. The van der Waals surface area contributed by atoms with Gasteiger partial charge in [0.25, 0.3) is 0 Å². The minimum Gasteiger partial charge on any atom is -0.405 e. The summed E-state index contributed by atoms with van der Waals surface area (Å²) in [7, 11) is -3.50. The SMILES string of the molecule is CCO[Si](O)(CCCN(F)C(=O)Oc1cc(F)c(F)c(F)c1F)OCC. The van der Waals surface area contributed by atoms with Crippen LogP contribution in [0.2, 0.25) is 6.04 Å². The molecule has 1 amide bonds. The molecule has 0 radical (unpaired) electrons. The molecule has 1 rings (SSSR count). The fourth-order valence-electron chi connectivity index (χ4n) is 1.94. The van der Waals surface area contributed by atoms with E-state index in [1.807, 2.05) is 0 Å². The van der Waals surface area contributed by atoms with E-state index in [9.17, 15) is 31.6 Å². The highest BCUT2D eigenvalue weighted by Gasteiger charge is 2.36. The molecule has 12 heteroatoms. The molecule has 1 N–H and O–H groups in total. The molecule has 0 aromatic heterocycles. The third kappa shape index (κ3) is 5.90. The van der Waals surface area contributed by atoms with Crippen LogP contribution in [-0.4, -0.2) is 44.6 Å². The van der Waals surface area contributed by atoms with Crippen molar-refractivity contribution in [3.05, 3.63) is 29.3 Å². The molecule has 26 heavy (non-hydrogen) atoms. The largest absolute Gasteiger partial charge is 0.498 e. The summed E-state index contributed by atoms with van der Waals surface area (Å²) in [5.41, 5.74) is 0. The molecule has 0 saturated heterocycles. The molecule has 0 saturated carbocycles. The van der Waals surface area contributed by atoms with Crippen LogP contribution in [0.1, 0.15) is 20.3 Å². The molecule has 0 fully saturated rings. The first-order chi connectivity index (χ1) is 12.1. The average Bonchev–Trinajstić information content (AvgIpc) is 2.58. The summed E-state index contributed by atoms with van der Waals surface area (Å²) in [6, 6.07) is 0.00582. The monoisotopic (exact) mass is 403 g/mol. The minimum atomic E-state index is -3.50. The quantitative estimate of drug-likeness (QED) is 0.225. The number of halogens is 5. The number of benzene rings is 1. The second-order valence-corrected chi connectivity index (χ2v) is 7.44. The predicted molar refractivity (Wildman–Crippen MR) is 80.8 cm³/mol. The Hall–Kier alpha value is -1.76. The molecule has 6 nitrogen and oxygen atoms in total. The van der Waals surface area contributed by atoms with Crippen LogP contribution in [0, 0.1) is 23.3 Å². The summed E-state index contributed by atoms with van der Waals surface area (Å²) < 4.78 is 80.3. The van der Waals surface area contributed by atoms with Gasteiger partial charge in [-0.05, 0) is 20.3 Å². The lowest BCUT2D eigenvalue weighted by atomic mass is 10.3. The van der Waals surface area contributed by atoms with Gasteiger partial charge in [0.05, 0.1) is 6.54 Å². The number of hydrogen-bond donors (Lipinski definition) is 1. The van der Waals surface area contributed by atoms with E-state index in [1.165, 1.54) is 0 Å². The van der Waals surface area contributed by atoms with E-state index < -0.39 is 55.6 Å². The van der Waals surface area contributed by atoms with Gasteiger partial charge in [-0.3, -0.25) is 0 Å². The van der Waals surface area contributed by atoms with Crippen LogP contribution in [0.5, 0.6) is 5.75 Å². The Balaban J connectivity index is 2.64. The summed E-state index contributed by atoms with van der Waals surface area (Å²) in [6.45, 7) is 3.01. The highest BCUT2D eigenvalue weighted by Crippen LogP contribution is 2.25. The zero-order valence-electron chi connectivity index (χ0n) is 14.0. The van der Waals surface area contributed by atoms with Crippen molar-refractivity contribution in [2.75, 3.05) is 19.8 Å². The van der Waals surface area contributed by atoms with Gasteiger partial charge in [-0.15, -0.1) is 5.12 Å². The van der Waals surface area contributed by atoms with Crippen molar-refractivity contribution in [2.45, 2.75) is 26.3 Å². The van der Waals surface area contributed by atoms with Gasteiger partial charge in [0.15, 0.2) is 17.4 Å². The van der Waals surface area contributed by atoms with Gasteiger partial charge < -0.3 is 18.4 Å². The molecule has 0 atom stereocenters. The van der Waals surface area contributed by atoms with Crippen LogP contribution in [0.4, 0.5) is 26.8 Å². The lowest BCUT2D eigenvalue weighted by Gasteiger charge is -2.23. The number of carbonyl (C=O) groups excluding carboxylic acids is 1. The van der Waals surface area contributed by atoms with Crippen LogP contribution in [0.3, 0.4) is 0 Å². The molecule has 1 aromatic carbocycles. The first-order valence-electron chi connectivity index (χ1n) is 7.63. The molecule has 0 bridgehead atoms. The van der Waals surface area contributed by atoms with Crippen LogP contribution < -0.4 is 4.74 Å². The van der Waals surface area contributed by atoms with Crippen molar-refractivity contribution in [2.24, 2.45) is 0 Å². The zero-order chi connectivity index (χ0) is 19.9. The van der Waals surface area contributed by atoms with Crippen molar-refractivity contribution in [1.29, 1.82) is 0 Å². The Bertz CT molecular complexity index is 630. The maximum atomic E-state index is 13.7. The molecule has 0 aliphatic rings. The first kappa shape index (κ1) is 22.3. The Kier molecular flexibility index (Phi) is 8.40. The van der Waals surface area contributed by atoms with Crippen LogP contribution in [0.25, 0.3) is 0 Å². The summed E-state index contributed by atoms with van der Waals surface area (Å²) in [5, 5.41) is -0.495. The first-order valence-corrected chi connectivity index (χ1v) is 9.60. The van der Waals surface area contributed by atoms with Crippen molar-refractivity contribution < 1.29 is 45.2 Å². The third-order valence-corrected chi connectivity index (χ3v) is 5.52. The highest BCUT2D eigenvalue weighted by molar-refractivity contribution is 6.59. The fourth-order valence-corrected chi connectivity index (χ4v) is 3.82. The summed E-state index contributed by atoms with van der Waals surface area (Å²) >= 11 is 0. The maximum Gasteiger partial charge on any atom is 0.498 e. The number of hydrogen-bond acceptors (Lipinski definition) is 5. The van der Waals surface area contributed by atoms with Gasteiger partial charge in [-0.25, -0.2) is 18.0 Å². The zero-order valence-corrected chi connectivity index (χ0v) is 15.0. The Morgan fingerprint density at radius 1 is 1.12 bits per heavy atom. The number of amides is 1. The van der Waals surface area contributed by atoms with E-state index in [0.717, 1.165) is 0 Å². The summed E-state index contributed by atoms with van der Waals surface area (Å²) in [6.07, 6.45) is -1.87.